The Bertz CT molecular complexity index is 552. The molecule has 1 unspecified atom stereocenters. The lowest BCUT2D eigenvalue weighted by atomic mass is 10.0. The van der Waals surface area contributed by atoms with Gasteiger partial charge in [-0.25, -0.2) is 0 Å². The third-order valence-electron chi connectivity index (χ3n) is 5.96. The van der Waals surface area contributed by atoms with Crippen LogP contribution in [0.15, 0.2) is 12.1 Å². The second kappa shape index (κ2) is 4.09. The van der Waals surface area contributed by atoms with Gasteiger partial charge in [0.2, 0.25) is 5.91 Å². The van der Waals surface area contributed by atoms with Crippen LogP contribution in [0.25, 0.3) is 0 Å². The summed E-state index contributed by atoms with van der Waals surface area (Å²) in [4.78, 5) is 12.6. The molecular weight excluding hydrogens is 246 g/mol. The number of nitrogens with one attached hydrogen (secondary N) is 1. The summed E-state index contributed by atoms with van der Waals surface area (Å²) in [6, 6.07) is 4.31. The zero-order valence-electron chi connectivity index (χ0n) is 12.6. The Labute approximate surface area is 121 Å². The Balaban J connectivity index is 1.52. The van der Waals surface area contributed by atoms with Crippen molar-refractivity contribution < 1.29 is 4.79 Å². The van der Waals surface area contributed by atoms with Crippen LogP contribution in [0.4, 0.5) is 5.69 Å². The summed E-state index contributed by atoms with van der Waals surface area (Å²) in [7, 11) is 0. The van der Waals surface area contributed by atoms with Crippen molar-refractivity contribution in [1.29, 1.82) is 0 Å². The summed E-state index contributed by atoms with van der Waals surface area (Å²) in [6.07, 6.45) is 4.15. The Morgan fingerprint density at radius 2 is 1.60 bits per heavy atom. The molecule has 0 saturated heterocycles. The number of benzene rings is 1. The molecule has 3 aliphatic rings. The van der Waals surface area contributed by atoms with Gasteiger partial charge in [0.05, 0.1) is 0 Å². The van der Waals surface area contributed by atoms with E-state index in [2.05, 4.69) is 38.2 Å². The van der Waals surface area contributed by atoms with Crippen molar-refractivity contribution in [3.05, 3.63) is 28.8 Å². The number of carbonyl (C=O) groups is 1. The Hall–Kier alpha value is -1.31. The van der Waals surface area contributed by atoms with Crippen LogP contribution in [-0.2, 0) is 4.79 Å². The lowest BCUT2D eigenvalue weighted by Gasteiger charge is -2.14. The highest BCUT2D eigenvalue weighted by molar-refractivity contribution is 5.96. The Morgan fingerprint density at radius 3 is 2.15 bits per heavy atom. The van der Waals surface area contributed by atoms with E-state index in [-0.39, 0.29) is 5.91 Å². The van der Waals surface area contributed by atoms with Gasteiger partial charge >= 0.3 is 0 Å². The zero-order chi connectivity index (χ0) is 14.0. The standard InChI is InChI=1S/C18H23NO/c1-9-6-10(2)17(11(3)7-9)19-18(20)16-14-12-4-5-13(8-12)15(14)16/h6-7,12-16H,4-5,8H2,1-3H3,(H,19,20)/t12-,13-,14-,15+,16?/m0/s1. The van der Waals surface area contributed by atoms with Crippen LogP contribution in [0, 0.1) is 50.4 Å². The molecular formula is C18H23NO. The van der Waals surface area contributed by atoms with Crippen LogP contribution in [0.5, 0.6) is 0 Å². The lowest BCUT2D eigenvalue weighted by Crippen LogP contribution is -2.19. The molecule has 1 aromatic carbocycles. The smallest absolute Gasteiger partial charge is 0.228 e. The fourth-order valence-electron chi connectivity index (χ4n) is 5.26. The van der Waals surface area contributed by atoms with Gasteiger partial charge in [0.1, 0.15) is 0 Å². The predicted molar refractivity (Wildman–Crippen MR) is 80.6 cm³/mol. The van der Waals surface area contributed by atoms with Crippen molar-refractivity contribution in [2.45, 2.75) is 40.0 Å². The van der Waals surface area contributed by atoms with Crippen molar-refractivity contribution in [3.8, 4) is 0 Å². The molecule has 1 amide bonds. The van der Waals surface area contributed by atoms with Gasteiger partial charge < -0.3 is 5.32 Å². The minimum Gasteiger partial charge on any atom is -0.325 e. The molecule has 1 aromatic rings. The second-order valence-electron chi connectivity index (χ2n) is 7.28. The second-order valence-corrected chi connectivity index (χ2v) is 7.28. The first-order valence-corrected chi connectivity index (χ1v) is 7.95. The number of hydrogen-bond acceptors (Lipinski definition) is 1. The summed E-state index contributed by atoms with van der Waals surface area (Å²) in [5.41, 5.74) is 4.67. The molecule has 5 atom stereocenters. The summed E-state index contributed by atoms with van der Waals surface area (Å²) in [5.74, 6) is 3.77. The molecule has 4 rings (SSSR count). The van der Waals surface area contributed by atoms with Gasteiger partial charge in [0, 0.05) is 11.6 Å². The van der Waals surface area contributed by atoms with Crippen LogP contribution in [0.1, 0.15) is 36.0 Å². The van der Waals surface area contributed by atoms with Gasteiger partial charge in [0.15, 0.2) is 0 Å². The first kappa shape index (κ1) is 12.4. The fourth-order valence-corrected chi connectivity index (χ4v) is 5.26. The van der Waals surface area contributed by atoms with E-state index < -0.39 is 0 Å². The van der Waals surface area contributed by atoms with Crippen molar-refractivity contribution in [2.75, 3.05) is 5.32 Å². The van der Waals surface area contributed by atoms with Gasteiger partial charge in [-0.05, 0) is 74.8 Å². The van der Waals surface area contributed by atoms with Gasteiger partial charge in [0.25, 0.3) is 0 Å². The monoisotopic (exact) mass is 269 g/mol. The van der Waals surface area contributed by atoms with Crippen molar-refractivity contribution in [2.24, 2.45) is 29.6 Å². The van der Waals surface area contributed by atoms with Gasteiger partial charge in [-0.3, -0.25) is 4.79 Å². The van der Waals surface area contributed by atoms with Crippen LogP contribution >= 0.6 is 0 Å². The van der Waals surface area contributed by atoms with Crippen molar-refractivity contribution in [1.82, 2.24) is 0 Å². The summed E-state index contributed by atoms with van der Waals surface area (Å²) < 4.78 is 0. The highest BCUT2D eigenvalue weighted by atomic mass is 16.2. The third kappa shape index (κ3) is 1.66. The van der Waals surface area contributed by atoms with E-state index in [1.54, 1.807) is 0 Å². The number of amides is 1. The van der Waals surface area contributed by atoms with E-state index in [0.717, 1.165) is 29.4 Å². The lowest BCUT2D eigenvalue weighted by molar-refractivity contribution is -0.118. The van der Waals surface area contributed by atoms with Gasteiger partial charge in [-0.2, -0.15) is 0 Å². The van der Waals surface area contributed by atoms with E-state index in [1.165, 1.54) is 36.0 Å². The highest BCUT2D eigenvalue weighted by Crippen LogP contribution is 2.69. The Morgan fingerprint density at radius 1 is 1.05 bits per heavy atom. The molecule has 3 aliphatic carbocycles. The van der Waals surface area contributed by atoms with E-state index >= 15 is 0 Å². The molecule has 20 heavy (non-hydrogen) atoms. The van der Waals surface area contributed by atoms with Crippen LogP contribution in [0.3, 0.4) is 0 Å². The minimum absolute atomic E-state index is 0.284. The molecule has 0 radical (unpaired) electrons. The first-order valence-electron chi connectivity index (χ1n) is 7.95. The molecule has 0 aliphatic heterocycles. The average Bonchev–Trinajstić information content (AvgIpc) is 2.82. The molecule has 2 heteroatoms. The summed E-state index contributed by atoms with van der Waals surface area (Å²) >= 11 is 0. The van der Waals surface area contributed by atoms with Crippen molar-refractivity contribution in [3.63, 3.8) is 0 Å². The SMILES string of the molecule is Cc1cc(C)c(NC(=O)C2[C@@H]3[C@H]4CC[C@@H](C4)[C@H]23)c(C)c1. The van der Waals surface area contributed by atoms with Gasteiger partial charge in [-0.15, -0.1) is 0 Å². The Kier molecular flexibility index (Phi) is 2.55. The fraction of sp³-hybridized carbons (Fsp3) is 0.611. The number of anilines is 1. The number of carbonyl (C=O) groups excluding carboxylic acids is 1. The number of aryl methyl sites for hydroxylation is 3. The predicted octanol–water partition coefficient (Wildman–Crippen LogP) is 3.84. The quantitative estimate of drug-likeness (QED) is 0.868. The number of rotatable bonds is 2. The maximum absolute atomic E-state index is 12.6. The first-order chi connectivity index (χ1) is 9.56. The van der Waals surface area contributed by atoms with E-state index in [0.29, 0.717) is 5.92 Å². The molecule has 3 fully saturated rings. The summed E-state index contributed by atoms with van der Waals surface area (Å²) in [6.45, 7) is 6.29. The largest absolute Gasteiger partial charge is 0.325 e. The molecule has 0 heterocycles. The summed E-state index contributed by atoms with van der Waals surface area (Å²) in [5, 5.41) is 3.23. The zero-order valence-corrected chi connectivity index (χ0v) is 12.6. The molecule has 106 valence electrons. The van der Waals surface area contributed by atoms with Crippen LogP contribution in [-0.4, -0.2) is 5.91 Å². The average molecular weight is 269 g/mol. The third-order valence-corrected chi connectivity index (χ3v) is 5.96. The molecule has 3 saturated carbocycles. The maximum atomic E-state index is 12.6. The van der Waals surface area contributed by atoms with E-state index in [4.69, 9.17) is 0 Å². The molecule has 2 bridgehead atoms. The minimum atomic E-state index is 0.284. The van der Waals surface area contributed by atoms with Crippen LogP contribution in [0.2, 0.25) is 0 Å². The molecule has 1 N–H and O–H groups in total. The molecule has 0 spiro atoms. The van der Waals surface area contributed by atoms with Gasteiger partial charge in [-0.1, -0.05) is 17.7 Å². The van der Waals surface area contributed by atoms with E-state index in [9.17, 15) is 4.79 Å². The highest BCUT2D eigenvalue weighted by Gasteiger charge is 2.67. The van der Waals surface area contributed by atoms with Crippen molar-refractivity contribution >= 4 is 11.6 Å². The normalized spacial score (nSPS) is 36.9. The van der Waals surface area contributed by atoms with Crippen LogP contribution < -0.4 is 5.32 Å². The molecule has 2 nitrogen and oxygen atoms in total. The molecule has 0 aromatic heterocycles. The maximum Gasteiger partial charge on any atom is 0.228 e. The number of fused-ring (bicyclic) bond motifs is 5. The van der Waals surface area contributed by atoms with E-state index in [1.807, 2.05) is 0 Å². The number of hydrogen-bond donors (Lipinski definition) is 1. The topological polar surface area (TPSA) is 29.1 Å².